The molecule has 0 spiro atoms. The van der Waals surface area contributed by atoms with Crippen LogP contribution in [0.4, 0.5) is 0 Å². The highest BCUT2D eigenvalue weighted by atomic mass is 32.1. The van der Waals surface area contributed by atoms with E-state index in [1.165, 1.54) is 35.9 Å². The summed E-state index contributed by atoms with van der Waals surface area (Å²) in [5.41, 5.74) is 8.80. The number of rotatable bonds is 2. The van der Waals surface area contributed by atoms with Gasteiger partial charge in [-0.2, -0.15) is 0 Å². The first-order chi connectivity index (χ1) is 8.23. The number of nitrogens with zero attached hydrogens (tertiary/aromatic N) is 1. The Morgan fingerprint density at radius 2 is 2.12 bits per heavy atom. The molecule has 2 nitrogen and oxygen atoms in total. The van der Waals surface area contributed by atoms with Crippen LogP contribution in [-0.4, -0.2) is 11.5 Å². The third kappa shape index (κ3) is 1.78. The minimum Gasteiger partial charge on any atom is -0.330 e. The van der Waals surface area contributed by atoms with E-state index in [9.17, 15) is 0 Å². The van der Waals surface area contributed by atoms with Gasteiger partial charge in [0, 0.05) is 12.0 Å². The Bertz CT molecular complexity index is 538. The van der Waals surface area contributed by atoms with Crippen molar-refractivity contribution in [2.45, 2.75) is 38.0 Å². The molecule has 2 aromatic rings. The van der Waals surface area contributed by atoms with Gasteiger partial charge in [0.25, 0.3) is 0 Å². The van der Waals surface area contributed by atoms with Crippen LogP contribution in [0.5, 0.6) is 0 Å². The molecule has 90 valence electrons. The molecule has 0 aliphatic heterocycles. The van der Waals surface area contributed by atoms with E-state index in [0.29, 0.717) is 0 Å². The Hall–Kier alpha value is -0.930. The molecular formula is C14H18N2S. The fourth-order valence-electron chi connectivity index (χ4n) is 3.03. The van der Waals surface area contributed by atoms with Crippen LogP contribution in [0, 0.1) is 6.92 Å². The monoisotopic (exact) mass is 246 g/mol. The summed E-state index contributed by atoms with van der Waals surface area (Å²) >= 11 is 1.77. The summed E-state index contributed by atoms with van der Waals surface area (Å²) in [7, 11) is 0. The van der Waals surface area contributed by atoms with E-state index in [0.717, 1.165) is 17.1 Å². The minimum absolute atomic E-state index is 0.228. The van der Waals surface area contributed by atoms with Gasteiger partial charge in [-0.1, -0.05) is 18.9 Å². The van der Waals surface area contributed by atoms with E-state index in [1.807, 2.05) is 0 Å². The van der Waals surface area contributed by atoms with Crippen LogP contribution in [0.2, 0.25) is 0 Å². The fourth-order valence-corrected chi connectivity index (χ4v) is 3.84. The van der Waals surface area contributed by atoms with Crippen LogP contribution < -0.4 is 5.73 Å². The summed E-state index contributed by atoms with van der Waals surface area (Å²) in [6.45, 7) is 2.83. The third-order valence-corrected chi connectivity index (χ3v) is 5.01. The standard InChI is InChI=1S/C14H18N2S/c1-10-16-12-8-11(4-5-13(12)17-10)14(9-15)6-2-3-7-14/h4-5,8H,2-3,6-7,9,15H2,1H3. The number of aromatic nitrogens is 1. The SMILES string of the molecule is Cc1nc2cc(C3(CN)CCCC3)ccc2s1. The molecule has 3 heteroatoms. The zero-order valence-electron chi connectivity index (χ0n) is 10.2. The summed E-state index contributed by atoms with van der Waals surface area (Å²) in [4.78, 5) is 4.59. The Morgan fingerprint density at radius 3 is 2.82 bits per heavy atom. The van der Waals surface area contributed by atoms with Crippen LogP contribution in [0.15, 0.2) is 18.2 Å². The summed E-state index contributed by atoms with van der Waals surface area (Å²) in [6.07, 6.45) is 5.09. The number of hydrogen-bond donors (Lipinski definition) is 1. The molecule has 0 unspecified atom stereocenters. The van der Waals surface area contributed by atoms with Gasteiger partial charge in [-0.3, -0.25) is 0 Å². The van der Waals surface area contributed by atoms with E-state index < -0.39 is 0 Å². The van der Waals surface area contributed by atoms with Gasteiger partial charge >= 0.3 is 0 Å². The molecule has 0 amide bonds. The fraction of sp³-hybridized carbons (Fsp3) is 0.500. The second kappa shape index (κ2) is 4.07. The van der Waals surface area contributed by atoms with Crippen molar-refractivity contribution in [3.05, 3.63) is 28.8 Å². The molecule has 17 heavy (non-hydrogen) atoms. The van der Waals surface area contributed by atoms with Gasteiger partial charge in [-0.15, -0.1) is 11.3 Å². The summed E-state index contributed by atoms with van der Waals surface area (Å²) < 4.78 is 1.29. The lowest BCUT2D eigenvalue weighted by Gasteiger charge is -2.27. The first kappa shape index (κ1) is 11.2. The third-order valence-electron chi connectivity index (χ3n) is 4.06. The number of hydrogen-bond acceptors (Lipinski definition) is 3. The maximum absolute atomic E-state index is 6.03. The van der Waals surface area contributed by atoms with Crippen molar-refractivity contribution in [1.82, 2.24) is 4.98 Å². The Labute approximate surface area is 106 Å². The maximum Gasteiger partial charge on any atom is 0.0907 e. The van der Waals surface area contributed by atoms with E-state index in [-0.39, 0.29) is 5.41 Å². The van der Waals surface area contributed by atoms with E-state index >= 15 is 0 Å². The maximum atomic E-state index is 6.03. The van der Waals surface area contributed by atoms with Crippen LogP contribution in [0.1, 0.15) is 36.3 Å². The predicted octanol–water partition coefficient (Wildman–Crippen LogP) is 3.38. The van der Waals surface area contributed by atoms with Gasteiger partial charge in [0.15, 0.2) is 0 Å². The summed E-state index contributed by atoms with van der Waals surface area (Å²) in [6, 6.07) is 6.74. The molecule has 0 radical (unpaired) electrons. The lowest BCUT2D eigenvalue weighted by atomic mass is 9.79. The quantitative estimate of drug-likeness (QED) is 0.882. The van der Waals surface area contributed by atoms with Crippen molar-refractivity contribution >= 4 is 21.6 Å². The average Bonchev–Trinajstić information content (AvgIpc) is 2.93. The Balaban J connectivity index is 2.10. The second-order valence-electron chi connectivity index (χ2n) is 5.11. The van der Waals surface area contributed by atoms with Crippen molar-refractivity contribution < 1.29 is 0 Å². The first-order valence-electron chi connectivity index (χ1n) is 6.31. The zero-order chi connectivity index (χ0) is 11.9. The normalized spacial score (nSPS) is 18.9. The summed E-state index contributed by atoms with van der Waals surface area (Å²) in [5.74, 6) is 0. The van der Waals surface area contributed by atoms with E-state index in [2.05, 4.69) is 30.1 Å². The smallest absolute Gasteiger partial charge is 0.0907 e. The highest BCUT2D eigenvalue weighted by molar-refractivity contribution is 7.18. The number of nitrogens with two attached hydrogens (primary N) is 1. The van der Waals surface area contributed by atoms with Crippen LogP contribution >= 0.6 is 11.3 Å². The Kier molecular flexibility index (Phi) is 2.68. The largest absolute Gasteiger partial charge is 0.330 e. The summed E-state index contributed by atoms with van der Waals surface area (Å²) in [5, 5.41) is 1.14. The molecule has 3 rings (SSSR count). The predicted molar refractivity (Wildman–Crippen MR) is 73.6 cm³/mol. The Morgan fingerprint density at radius 1 is 1.35 bits per heavy atom. The van der Waals surface area contributed by atoms with Crippen molar-refractivity contribution in [2.75, 3.05) is 6.54 Å². The van der Waals surface area contributed by atoms with Gasteiger partial charge in [0.05, 0.1) is 15.2 Å². The molecule has 1 heterocycles. The lowest BCUT2D eigenvalue weighted by molar-refractivity contribution is 0.453. The molecule has 1 aromatic carbocycles. The van der Waals surface area contributed by atoms with Gasteiger partial charge in [-0.05, 0) is 37.5 Å². The van der Waals surface area contributed by atoms with Crippen LogP contribution in [0.3, 0.4) is 0 Å². The number of benzene rings is 1. The lowest BCUT2D eigenvalue weighted by Crippen LogP contribution is -2.31. The van der Waals surface area contributed by atoms with E-state index in [1.54, 1.807) is 11.3 Å². The highest BCUT2D eigenvalue weighted by Gasteiger charge is 2.34. The van der Waals surface area contributed by atoms with Gasteiger partial charge < -0.3 is 5.73 Å². The number of aryl methyl sites for hydroxylation is 1. The van der Waals surface area contributed by atoms with Crippen molar-refractivity contribution in [3.63, 3.8) is 0 Å². The van der Waals surface area contributed by atoms with E-state index in [4.69, 9.17) is 5.73 Å². The van der Waals surface area contributed by atoms with Crippen LogP contribution in [0.25, 0.3) is 10.2 Å². The molecule has 1 saturated carbocycles. The molecule has 0 saturated heterocycles. The molecule has 1 fully saturated rings. The van der Waals surface area contributed by atoms with Gasteiger partial charge in [-0.25, -0.2) is 4.98 Å². The molecule has 1 aromatic heterocycles. The van der Waals surface area contributed by atoms with Gasteiger partial charge in [0.2, 0.25) is 0 Å². The molecule has 0 bridgehead atoms. The molecule has 1 aliphatic carbocycles. The second-order valence-corrected chi connectivity index (χ2v) is 6.34. The zero-order valence-corrected chi connectivity index (χ0v) is 11.0. The van der Waals surface area contributed by atoms with Crippen molar-refractivity contribution in [3.8, 4) is 0 Å². The molecule has 2 N–H and O–H groups in total. The first-order valence-corrected chi connectivity index (χ1v) is 7.13. The minimum atomic E-state index is 0.228. The molecular weight excluding hydrogens is 228 g/mol. The van der Waals surface area contributed by atoms with Crippen LogP contribution in [-0.2, 0) is 5.41 Å². The topological polar surface area (TPSA) is 38.9 Å². The van der Waals surface area contributed by atoms with Gasteiger partial charge in [0.1, 0.15) is 0 Å². The highest BCUT2D eigenvalue weighted by Crippen LogP contribution is 2.41. The number of thiazole rings is 1. The van der Waals surface area contributed by atoms with Crippen molar-refractivity contribution in [1.29, 1.82) is 0 Å². The molecule has 1 aliphatic rings. The number of fused-ring (bicyclic) bond motifs is 1. The van der Waals surface area contributed by atoms with Crippen molar-refractivity contribution in [2.24, 2.45) is 5.73 Å². The molecule has 0 atom stereocenters. The average molecular weight is 246 g/mol.